The number of ether oxygens (including phenoxy) is 2. The van der Waals surface area contributed by atoms with E-state index < -0.39 is 30.1 Å². The zero-order chi connectivity index (χ0) is 18.5. The number of esters is 2. The molecule has 0 radical (unpaired) electrons. The van der Waals surface area contributed by atoms with E-state index >= 15 is 0 Å². The van der Waals surface area contributed by atoms with Gasteiger partial charge in [-0.15, -0.1) is 0 Å². The standard InChI is InChI=1S/C20H24O5/c1-6-9(2)19(22)24-14-8-11(4)15-13(21)7-10(3)16(15)18-17(14)12(5)20(23)25-18/h6-7,11,14-18H,5,8H2,1-4H3/b9-6-/t11-,14+,15+,16-,17+,18-/m0/s1. The summed E-state index contributed by atoms with van der Waals surface area (Å²) in [4.78, 5) is 36.9. The fourth-order valence-corrected chi connectivity index (χ4v) is 4.44. The van der Waals surface area contributed by atoms with Gasteiger partial charge >= 0.3 is 11.9 Å². The first kappa shape index (κ1) is 17.6. The Labute approximate surface area is 147 Å². The summed E-state index contributed by atoms with van der Waals surface area (Å²) in [6.45, 7) is 11.2. The van der Waals surface area contributed by atoms with Crippen LogP contribution in [0.3, 0.4) is 0 Å². The van der Waals surface area contributed by atoms with Crippen molar-refractivity contribution in [2.45, 2.75) is 46.3 Å². The minimum Gasteiger partial charge on any atom is -0.458 e. The first-order valence-electron chi connectivity index (χ1n) is 8.72. The molecule has 0 aromatic heterocycles. The lowest BCUT2D eigenvalue weighted by atomic mass is 9.78. The average molecular weight is 344 g/mol. The molecule has 0 N–H and O–H groups in total. The van der Waals surface area contributed by atoms with Crippen LogP contribution in [-0.2, 0) is 23.9 Å². The van der Waals surface area contributed by atoms with Crippen molar-refractivity contribution in [2.75, 3.05) is 0 Å². The lowest BCUT2D eigenvalue weighted by Crippen LogP contribution is -2.36. The van der Waals surface area contributed by atoms with Crippen molar-refractivity contribution in [1.29, 1.82) is 0 Å². The van der Waals surface area contributed by atoms with Gasteiger partial charge < -0.3 is 9.47 Å². The van der Waals surface area contributed by atoms with Crippen LogP contribution < -0.4 is 0 Å². The maximum absolute atomic E-state index is 12.5. The predicted octanol–water partition coefficient (Wildman–Crippen LogP) is 2.76. The van der Waals surface area contributed by atoms with Gasteiger partial charge in [-0.1, -0.05) is 25.2 Å². The van der Waals surface area contributed by atoms with Gasteiger partial charge in [-0.2, -0.15) is 0 Å². The summed E-state index contributed by atoms with van der Waals surface area (Å²) in [5.41, 5.74) is 1.77. The van der Waals surface area contributed by atoms with Gasteiger partial charge in [-0.05, 0) is 39.2 Å². The van der Waals surface area contributed by atoms with E-state index in [1.807, 2.05) is 13.8 Å². The molecule has 1 saturated heterocycles. The first-order valence-corrected chi connectivity index (χ1v) is 8.72. The second-order valence-electron chi connectivity index (χ2n) is 7.39. The normalized spacial score (nSPS) is 37.8. The Morgan fingerprint density at radius 1 is 1.32 bits per heavy atom. The van der Waals surface area contributed by atoms with Crippen LogP contribution in [0.4, 0.5) is 0 Å². The predicted molar refractivity (Wildman–Crippen MR) is 91.3 cm³/mol. The molecule has 3 aliphatic rings. The number of hydrogen-bond acceptors (Lipinski definition) is 5. The lowest BCUT2D eigenvalue weighted by molar-refractivity contribution is -0.148. The minimum absolute atomic E-state index is 0.0204. The van der Waals surface area contributed by atoms with E-state index in [9.17, 15) is 14.4 Å². The highest BCUT2D eigenvalue weighted by atomic mass is 16.6. The molecule has 5 heteroatoms. The molecule has 0 spiro atoms. The van der Waals surface area contributed by atoms with Crippen LogP contribution in [0.25, 0.3) is 0 Å². The smallest absolute Gasteiger partial charge is 0.334 e. The molecule has 1 heterocycles. The maximum Gasteiger partial charge on any atom is 0.334 e. The monoisotopic (exact) mass is 344 g/mol. The topological polar surface area (TPSA) is 69.7 Å². The molecule has 3 rings (SSSR count). The summed E-state index contributed by atoms with van der Waals surface area (Å²) in [5.74, 6) is -1.59. The Kier molecular flexibility index (Phi) is 4.43. The average Bonchev–Trinajstić information content (AvgIpc) is 2.96. The van der Waals surface area contributed by atoms with E-state index in [-0.39, 0.29) is 23.5 Å². The van der Waals surface area contributed by atoms with Crippen LogP contribution in [0.2, 0.25) is 0 Å². The minimum atomic E-state index is -0.521. The van der Waals surface area contributed by atoms with Gasteiger partial charge in [0.25, 0.3) is 0 Å². The van der Waals surface area contributed by atoms with Gasteiger partial charge in [0.2, 0.25) is 0 Å². The van der Waals surface area contributed by atoms with Gasteiger partial charge in [0, 0.05) is 23.0 Å². The van der Waals surface area contributed by atoms with Crippen molar-refractivity contribution in [3.05, 3.63) is 35.5 Å². The Balaban J connectivity index is 1.99. The summed E-state index contributed by atoms with van der Waals surface area (Å²) in [5, 5.41) is 0. The molecule has 134 valence electrons. The van der Waals surface area contributed by atoms with Crippen molar-refractivity contribution >= 4 is 17.7 Å². The molecule has 0 unspecified atom stereocenters. The summed E-state index contributed by atoms with van der Waals surface area (Å²) in [7, 11) is 0. The van der Waals surface area contributed by atoms with Crippen molar-refractivity contribution in [3.63, 3.8) is 0 Å². The molecule has 25 heavy (non-hydrogen) atoms. The molecule has 0 aromatic rings. The molecule has 0 aromatic carbocycles. The van der Waals surface area contributed by atoms with E-state index in [2.05, 4.69) is 6.58 Å². The number of ketones is 1. The molecule has 5 nitrogen and oxygen atoms in total. The molecule has 0 bridgehead atoms. The Morgan fingerprint density at radius 3 is 2.64 bits per heavy atom. The van der Waals surface area contributed by atoms with Gasteiger partial charge in [0.1, 0.15) is 12.2 Å². The summed E-state index contributed by atoms with van der Waals surface area (Å²) < 4.78 is 11.3. The molecule has 0 amide bonds. The van der Waals surface area contributed by atoms with Crippen LogP contribution in [0.5, 0.6) is 0 Å². The van der Waals surface area contributed by atoms with Crippen LogP contribution in [0.1, 0.15) is 34.1 Å². The highest BCUT2D eigenvalue weighted by Crippen LogP contribution is 2.50. The highest BCUT2D eigenvalue weighted by molar-refractivity contribution is 5.97. The number of carbonyl (C=O) groups is 3. The summed E-state index contributed by atoms with van der Waals surface area (Å²) in [6, 6.07) is 0. The molecule has 2 aliphatic carbocycles. The number of hydrogen-bond donors (Lipinski definition) is 0. The third-order valence-corrected chi connectivity index (χ3v) is 5.86. The Bertz CT molecular complexity index is 714. The molecule has 1 aliphatic heterocycles. The lowest BCUT2D eigenvalue weighted by Gasteiger charge is -2.28. The third-order valence-electron chi connectivity index (χ3n) is 5.86. The second kappa shape index (κ2) is 6.28. The number of carbonyl (C=O) groups excluding carboxylic acids is 3. The Hall–Kier alpha value is -2.17. The zero-order valence-corrected chi connectivity index (χ0v) is 15.1. The molecule has 1 saturated carbocycles. The fourth-order valence-electron chi connectivity index (χ4n) is 4.44. The number of fused-ring (bicyclic) bond motifs is 3. The van der Waals surface area contributed by atoms with Crippen LogP contribution in [-0.4, -0.2) is 29.9 Å². The van der Waals surface area contributed by atoms with E-state index in [1.54, 1.807) is 26.0 Å². The van der Waals surface area contributed by atoms with E-state index in [0.717, 1.165) is 5.57 Å². The van der Waals surface area contributed by atoms with Gasteiger partial charge in [0.15, 0.2) is 5.78 Å². The molecular formula is C20H24O5. The van der Waals surface area contributed by atoms with Gasteiger partial charge in [-0.25, -0.2) is 9.59 Å². The fraction of sp³-hybridized carbons (Fsp3) is 0.550. The largest absolute Gasteiger partial charge is 0.458 e. The first-order chi connectivity index (χ1) is 11.8. The molecular weight excluding hydrogens is 320 g/mol. The van der Waals surface area contributed by atoms with Crippen molar-refractivity contribution < 1.29 is 23.9 Å². The van der Waals surface area contributed by atoms with E-state index in [1.165, 1.54) is 0 Å². The quantitative estimate of drug-likeness (QED) is 0.569. The van der Waals surface area contributed by atoms with Crippen LogP contribution in [0, 0.1) is 23.7 Å². The number of allylic oxidation sites excluding steroid dienone is 2. The number of rotatable bonds is 2. The van der Waals surface area contributed by atoms with Gasteiger partial charge in [-0.3, -0.25) is 4.79 Å². The molecule has 6 atom stereocenters. The van der Waals surface area contributed by atoms with Gasteiger partial charge in [0.05, 0.1) is 5.92 Å². The van der Waals surface area contributed by atoms with Crippen LogP contribution >= 0.6 is 0 Å². The molecule has 2 fully saturated rings. The van der Waals surface area contributed by atoms with Crippen molar-refractivity contribution in [3.8, 4) is 0 Å². The summed E-state index contributed by atoms with van der Waals surface area (Å²) in [6.07, 6.45) is 2.84. The maximum atomic E-state index is 12.5. The second-order valence-corrected chi connectivity index (χ2v) is 7.39. The zero-order valence-electron chi connectivity index (χ0n) is 15.1. The SMILES string of the molecule is C=C1C(=O)O[C@H]2[C@H]3C(C)=CC(=O)[C@H]3[C@@H](C)C[C@@H](OC(=O)/C(C)=C\C)[C@@H]12. The van der Waals surface area contributed by atoms with Crippen molar-refractivity contribution in [2.24, 2.45) is 23.7 Å². The van der Waals surface area contributed by atoms with E-state index in [4.69, 9.17) is 9.47 Å². The highest BCUT2D eigenvalue weighted by Gasteiger charge is 2.57. The van der Waals surface area contributed by atoms with E-state index in [0.29, 0.717) is 17.6 Å². The van der Waals surface area contributed by atoms with Crippen molar-refractivity contribution in [1.82, 2.24) is 0 Å². The third kappa shape index (κ3) is 2.75. The Morgan fingerprint density at radius 2 is 2.00 bits per heavy atom. The summed E-state index contributed by atoms with van der Waals surface area (Å²) >= 11 is 0. The van der Waals surface area contributed by atoms with Crippen LogP contribution in [0.15, 0.2) is 35.5 Å².